The molecule has 1 aromatic carbocycles. The highest BCUT2D eigenvalue weighted by Crippen LogP contribution is 2.42. The fourth-order valence-electron chi connectivity index (χ4n) is 2.19. The second kappa shape index (κ2) is 9.09. The van der Waals surface area contributed by atoms with Crippen LogP contribution in [0.5, 0.6) is 17.2 Å². The maximum absolute atomic E-state index is 12.8. The molecule has 0 spiro atoms. The SMILES string of the molecule is COc1ccc(C(=O)Cc2c(Cl)cncc2Cl)c(OC(F)F)c1OC(F)F. The fraction of sp³-hybridized carbons (Fsp3) is 0.250. The van der Waals surface area contributed by atoms with E-state index in [1.54, 1.807) is 0 Å². The lowest BCUT2D eigenvalue weighted by atomic mass is 10.0. The number of Topliss-reactive ketones (excluding diaryl/α,β-unsaturated/α-hetero) is 1. The van der Waals surface area contributed by atoms with Gasteiger partial charge in [-0.2, -0.15) is 17.6 Å². The van der Waals surface area contributed by atoms with Gasteiger partial charge in [-0.1, -0.05) is 23.2 Å². The van der Waals surface area contributed by atoms with Gasteiger partial charge in [-0.05, 0) is 12.1 Å². The van der Waals surface area contributed by atoms with Crippen LogP contribution in [0.1, 0.15) is 15.9 Å². The van der Waals surface area contributed by atoms with Crippen molar-refractivity contribution in [3.05, 3.63) is 45.7 Å². The first-order valence-corrected chi connectivity index (χ1v) is 7.91. The number of halogens is 6. The van der Waals surface area contributed by atoms with Crippen molar-refractivity contribution in [1.82, 2.24) is 4.98 Å². The predicted molar refractivity (Wildman–Crippen MR) is 88.5 cm³/mol. The maximum Gasteiger partial charge on any atom is 0.387 e. The van der Waals surface area contributed by atoms with E-state index in [4.69, 9.17) is 27.9 Å². The predicted octanol–water partition coefficient (Wildman–Crippen LogP) is 5.03. The van der Waals surface area contributed by atoms with Crippen LogP contribution in [0.15, 0.2) is 24.5 Å². The summed E-state index contributed by atoms with van der Waals surface area (Å²) in [5.41, 5.74) is -0.246. The highest BCUT2D eigenvalue weighted by atomic mass is 35.5. The summed E-state index contributed by atoms with van der Waals surface area (Å²) in [5.74, 6) is -2.80. The van der Waals surface area contributed by atoms with Crippen LogP contribution in [0.4, 0.5) is 17.6 Å². The highest BCUT2D eigenvalue weighted by Gasteiger charge is 2.27. The molecule has 0 unspecified atom stereocenters. The first kappa shape index (κ1) is 21.0. The third kappa shape index (κ3) is 5.14. The molecule has 0 aliphatic heterocycles. The molecule has 0 N–H and O–H groups in total. The number of nitrogens with zero attached hydrogens (tertiary/aromatic N) is 1. The van der Waals surface area contributed by atoms with Crippen LogP contribution in [0.2, 0.25) is 10.0 Å². The third-order valence-electron chi connectivity index (χ3n) is 3.30. The largest absolute Gasteiger partial charge is 0.493 e. The van der Waals surface area contributed by atoms with E-state index in [-0.39, 0.29) is 21.4 Å². The molecule has 0 fully saturated rings. The van der Waals surface area contributed by atoms with Crippen molar-refractivity contribution in [2.45, 2.75) is 19.6 Å². The van der Waals surface area contributed by atoms with E-state index in [2.05, 4.69) is 14.5 Å². The molecule has 0 aliphatic rings. The Morgan fingerprint density at radius 2 is 1.59 bits per heavy atom. The fourth-order valence-corrected chi connectivity index (χ4v) is 2.69. The lowest BCUT2D eigenvalue weighted by Crippen LogP contribution is -2.14. The molecule has 1 aromatic heterocycles. The Bertz CT molecular complexity index is 816. The van der Waals surface area contributed by atoms with Gasteiger partial charge in [0.05, 0.1) is 22.7 Å². The Hall–Kier alpha value is -2.26. The number of pyridine rings is 1. The van der Waals surface area contributed by atoms with Gasteiger partial charge in [0, 0.05) is 24.4 Å². The lowest BCUT2D eigenvalue weighted by Gasteiger charge is -2.18. The van der Waals surface area contributed by atoms with E-state index in [0.29, 0.717) is 0 Å². The Kier molecular flexibility index (Phi) is 7.09. The monoisotopic (exact) mass is 427 g/mol. The van der Waals surface area contributed by atoms with Crippen molar-refractivity contribution in [2.75, 3.05) is 7.11 Å². The van der Waals surface area contributed by atoms with Crippen LogP contribution in [0.3, 0.4) is 0 Å². The minimum Gasteiger partial charge on any atom is -0.493 e. The number of methoxy groups -OCH3 is 1. The maximum atomic E-state index is 12.8. The molecule has 1 heterocycles. The van der Waals surface area contributed by atoms with Gasteiger partial charge in [0.2, 0.25) is 5.75 Å². The van der Waals surface area contributed by atoms with Crippen molar-refractivity contribution in [1.29, 1.82) is 0 Å². The number of benzene rings is 1. The molecular formula is C16H11Cl2F4NO4. The van der Waals surface area contributed by atoms with Gasteiger partial charge in [-0.25, -0.2) is 0 Å². The van der Waals surface area contributed by atoms with E-state index in [1.165, 1.54) is 12.4 Å². The summed E-state index contributed by atoms with van der Waals surface area (Å²) in [4.78, 5) is 16.3. The Labute approximate surface area is 160 Å². The molecule has 0 radical (unpaired) electrons. The highest BCUT2D eigenvalue weighted by molar-refractivity contribution is 6.36. The standard InChI is InChI=1S/C16H11Cl2F4NO4/c1-25-12-3-2-7(13(26-15(19)20)14(12)27-16(21)22)11(24)4-8-9(17)5-23-6-10(8)18/h2-3,5-6,15-16H,4H2,1H3. The molecule has 0 aliphatic carbocycles. The molecule has 2 aromatic rings. The average Bonchev–Trinajstić information content (AvgIpc) is 2.58. The molecule has 0 bridgehead atoms. The number of ether oxygens (including phenoxy) is 3. The van der Waals surface area contributed by atoms with Crippen molar-refractivity contribution in [3.8, 4) is 17.2 Å². The molecule has 2 rings (SSSR count). The van der Waals surface area contributed by atoms with Gasteiger partial charge >= 0.3 is 13.2 Å². The van der Waals surface area contributed by atoms with Gasteiger partial charge in [-0.15, -0.1) is 0 Å². The molecule has 27 heavy (non-hydrogen) atoms. The smallest absolute Gasteiger partial charge is 0.387 e. The number of carbonyl (C=O) groups is 1. The zero-order valence-corrected chi connectivity index (χ0v) is 15.0. The molecule has 0 saturated heterocycles. The van der Waals surface area contributed by atoms with Crippen molar-refractivity contribution in [3.63, 3.8) is 0 Å². The topological polar surface area (TPSA) is 57.7 Å². The van der Waals surface area contributed by atoms with E-state index < -0.39 is 42.5 Å². The Morgan fingerprint density at radius 3 is 2.11 bits per heavy atom. The summed E-state index contributed by atoms with van der Waals surface area (Å²) in [6.07, 6.45) is 2.07. The van der Waals surface area contributed by atoms with Crippen LogP contribution in [-0.2, 0) is 6.42 Å². The first-order valence-electron chi connectivity index (χ1n) is 7.16. The number of hydrogen-bond donors (Lipinski definition) is 0. The van der Waals surface area contributed by atoms with Crippen LogP contribution >= 0.6 is 23.2 Å². The molecule has 0 saturated carbocycles. The van der Waals surface area contributed by atoms with Gasteiger partial charge < -0.3 is 14.2 Å². The number of alkyl halides is 4. The summed E-state index contributed by atoms with van der Waals surface area (Å²) >= 11 is 11.9. The van der Waals surface area contributed by atoms with Crippen LogP contribution < -0.4 is 14.2 Å². The molecule has 11 heteroatoms. The molecule has 5 nitrogen and oxygen atoms in total. The number of rotatable bonds is 8. The van der Waals surface area contributed by atoms with Crippen molar-refractivity contribution < 1.29 is 36.6 Å². The summed E-state index contributed by atoms with van der Waals surface area (Å²) in [6.45, 7) is -6.77. The number of ketones is 1. The lowest BCUT2D eigenvalue weighted by molar-refractivity contribution is -0.0704. The normalized spacial score (nSPS) is 11.0. The minimum atomic E-state index is -3.41. The first-order chi connectivity index (χ1) is 12.7. The molecule has 146 valence electrons. The zero-order chi connectivity index (χ0) is 20.1. The summed E-state index contributed by atoms with van der Waals surface area (Å²) < 4.78 is 64.3. The average molecular weight is 428 g/mol. The van der Waals surface area contributed by atoms with Gasteiger partial charge in [0.15, 0.2) is 17.3 Å². The zero-order valence-electron chi connectivity index (χ0n) is 13.5. The number of aromatic nitrogens is 1. The van der Waals surface area contributed by atoms with E-state index in [9.17, 15) is 22.4 Å². The van der Waals surface area contributed by atoms with Crippen molar-refractivity contribution in [2.24, 2.45) is 0 Å². The Balaban J connectivity index is 2.52. The summed E-state index contributed by atoms with van der Waals surface area (Å²) in [5, 5.41) is 0.148. The van der Waals surface area contributed by atoms with Crippen molar-refractivity contribution >= 4 is 29.0 Å². The van der Waals surface area contributed by atoms with E-state index in [1.807, 2.05) is 0 Å². The van der Waals surface area contributed by atoms with E-state index in [0.717, 1.165) is 19.2 Å². The van der Waals surface area contributed by atoms with Gasteiger partial charge in [0.1, 0.15) is 0 Å². The van der Waals surface area contributed by atoms with Crippen LogP contribution in [0, 0.1) is 0 Å². The summed E-state index contributed by atoms with van der Waals surface area (Å²) in [6, 6.07) is 2.19. The van der Waals surface area contributed by atoms with Gasteiger partial charge in [0.25, 0.3) is 0 Å². The van der Waals surface area contributed by atoms with Gasteiger partial charge in [-0.3, -0.25) is 9.78 Å². The second-order valence-electron chi connectivity index (χ2n) is 4.91. The minimum absolute atomic E-state index is 0.0738. The molecule has 0 atom stereocenters. The second-order valence-corrected chi connectivity index (χ2v) is 5.73. The molecule has 0 amide bonds. The van der Waals surface area contributed by atoms with Crippen LogP contribution in [0.25, 0.3) is 0 Å². The summed E-state index contributed by atoms with van der Waals surface area (Å²) in [7, 11) is 1.11. The number of carbonyl (C=O) groups excluding carboxylic acids is 1. The Morgan fingerprint density at radius 1 is 1.04 bits per heavy atom. The number of hydrogen-bond acceptors (Lipinski definition) is 5. The quantitative estimate of drug-likeness (QED) is 0.437. The van der Waals surface area contributed by atoms with Crippen LogP contribution in [-0.4, -0.2) is 31.1 Å². The third-order valence-corrected chi connectivity index (χ3v) is 3.95. The van der Waals surface area contributed by atoms with E-state index >= 15 is 0 Å². The molecular weight excluding hydrogens is 417 g/mol.